The zero-order chi connectivity index (χ0) is 10.9. The van der Waals surface area contributed by atoms with Gasteiger partial charge in [-0.15, -0.1) is 12.6 Å². The molecule has 0 heterocycles. The maximum absolute atomic E-state index is 12.3. The van der Waals surface area contributed by atoms with Crippen molar-refractivity contribution >= 4 is 35.2 Å². The van der Waals surface area contributed by atoms with Gasteiger partial charge in [0.05, 0.1) is 11.1 Å². The first-order valence-corrected chi connectivity index (χ1v) is 4.88. The first-order chi connectivity index (χ1) is 6.36. The van der Waals surface area contributed by atoms with Crippen LogP contribution >= 0.6 is 35.2 Å². The van der Waals surface area contributed by atoms with Crippen molar-refractivity contribution in [2.24, 2.45) is 0 Å². The summed E-state index contributed by atoms with van der Waals surface area (Å²) < 4.78 is 37.3. The van der Waals surface area contributed by atoms with Crippen LogP contribution in [0.2, 0.25) is 0 Å². The molecule has 1 rings (SSSR count). The van der Waals surface area contributed by atoms with E-state index < -0.39 is 11.7 Å². The lowest BCUT2D eigenvalue weighted by Gasteiger charge is -2.10. The lowest BCUT2D eigenvalue weighted by molar-refractivity contribution is -0.139. The molecule has 0 aromatic heterocycles. The second kappa shape index (κ2) is 3.98. The molecule has 0 spiro atoms. The predicted octanol–water partition coefficient (Wildman–Crippen LogP) is 3.47. The number of benzene rings is 1. The van der Waals surface area contributed by atoms with Gasteiger partial charge in [0.15, 0.2) is 0 Å². The normalized spacial score (nSPS) is 11.1. The van der Waals surface area contributed by atoms with Crippen LogP contribution in [0, 0.1) is 14.9 Å². The van der Waals surface area contributed by atoms with Gasteiger partial charge in [-0.25, -0.2) is 0 Å². The smallest absolute Gasteiger partial charge is 0.192 e. The molecule has 6 heteroatoms. The number of halogens is 4. The number of nitrogens with zero attached hydrogens (tertiary/aromatic N) is 1. The molecule has 0 N–H and O–H groups in total. The maximum Gasteiger partial charge on any atom is 0.417 e. The fraction of sp³-hybridized carbons (Fsp3) is 0.125. The van der Waals surface area contributed by atoms with E-state index in [0.717, 1.165) is 12.1 Å². The average Bonchev–Trinajstić information content (AvgIpc) is 2.06. The molecular weight excluding hydrogens is 326 g/mol. The van der Waals surface area contributed by atoms with Crippen molar-refractivity contribution in [2.45, 2.75) is 11.1 Å². The van der Waals surface area contributed by atoms with Crippen LogP contribution in [0.5, 0.6) is 0 Å². The minimum Gasteiger partial charge on any atom is -0.192 e. The Balaban J connectivity index is 3.38. The SMILES string of the molecule is N#Cc1cc(S)c(C(F)(F)F)cc1I. The van der Waals surface area contributed by atoms with E-state index in [-0.39, 0.29) is 14.0 Å². The Morgan fingerprint density at radius 1 is 1.36 bits per heavy atom. The van der Waals surface area contributed by atoms with Crippen LogP contribution in [0.15, 0.2) is 17.0 Å². The number of nitriles is 1. The van der Waals surface area contributed by atoms with Crippen molar-refractivity contribution < 1.29 is 13.2 Å². The third kappa shape index (κ3) is 2.33. The highest BCUT2D eigenvalue weighted by Crippen LogP contribution is 2.35. The zero-order valence-electron chi connectivity index (χ0n) is 6.56. The molecule has 0 fully saturated rings. The molecule has 0 aliphatic rings. The average molecular weight is 329 g/mol. The summed E-state index contributed by atoms with van der Waals surface area (Å²) in [6.07, 6.45) is -4.43. The molecule has 0 aliphatic carbocycles. The second-order valence-electron chi connectivity index (χ2n) is 2.46. The minimum absolute atomic E-state index is 0.198. The van der Waals surface area contributed by atoms with Crippen LogP contribution in [0.25, 0.3) is 0 Å². The molecule has 0 aliphatic heterocycles. The fourth-order valence-electron chi connectivity index (χ4n) is 0.875. The van der Waals surface area contributed by atoms with Gasteiger partial charge in [-0.3, -0.25) is 0 Å². The van der Waals surface area contributed by atoms with Gasteiger partial charge in [-0.2, -0.15) is 18.4 Å². The summed E-state index contributed by atoms with van der Waals surface area (Å²) in [4.78, 5) is -0.227. The second-order valence-corrected chi connectivity index (χ2v) is 4.10. The van der Waals surface area contributed by atoms with E-state index in [1.165, 1.54) is 0 Å². The molecule has 74 valence electrons. The molecule has 0 saturated heterocycles. The van der Waals surface area contributed by atoms with Gasteiger partial charge in [0.25, 0.3) is 0 Å². The van der Waals surface area contributed by atoms with Crippen LogP contribution in [-0.4, -0.2) is 0 Å². The van der Waals surface area contributed by atoms with Gasteiger partial charge in [-0.1, -0.05) is 0 Å². The Morgan fingerprint density at radius 3 is 2.36 bits per heavy atom. The molecule has 0 bridgehead atoms. The summed E-state index contributed by atoms with van der Waals surface area (Å²) >= 11 is 5.37. The molecule has 0 atom stereocenters. The van der Waals surface area contributed by atoms with Gasteiger partial charge < -0.3 is 0 Å². The quantitative estimate of drug-likeness (QED) is 0.572. The zero-order valence-corrected chi connectivity index (χ0v) is 9.61. The van der Waals surface area contributed by atoms with Crippen molar-refractivity contribution in [3.8, 4) is 6.07 Å². The van der Waals surface area contributed by atoms with Crippen molar-refractivity contribution in [3.05, 3.63) is 26.8 Å². The number of alkyl halides is 3. The molecule has 1 aromatic rings. The largest absolute Gasteiger partial charge is 0.417 e. The summed E-state index contributed by atoms with van der Waals surface area (Å²) in [5, 5.41) is 8.57. The Bertz CT molecular complexity index is 408. The Kier molecular flexibility index (Phi) is 3.32. The predicted molar refractivity (Wildman–Crippen MR) is 56.1 cm³/mol. The van der Waals surface area contributed by atoms with Gasteiger partial charge in [0.1, 0.15) is 6.07 Å². The van der Waals surface area contributed by atoms with Gasteiger partial charge in [0.2, 0.25) is 0 Å². The Morgan fingerprint density at radius 2 is 1.93 bits per heavy atom. The molecule has 14 heavy (non-hydrogen) atoms. The monoisotopic (exact) mass is 329 g/mol. The van der Waals surface area contributed by atoms with E-state index in [2.05, 4.69) is 12.6 Å². The fourth-order valence-corrected chi connectivity index (χ4v) is 1.78. The molecule has 0 unspecified atom stereocenters. The highest BCUT2D eigenvalue weighted by Gasteiger charge is 2.33. The summed E-state index contributed by atoms with van der Waals surface area (Å²) in [5.41, 5.74) is -0.618. The molecule has 0 saturated carbocycles. The van der Waals surface area contributed by atoms with Crippen LogP contribution in [0.1, 0.15) is 11.1 Å². The molecule has 0 amide bonds. The van der Waals surface area contributed by atoms with Crippen LogP contribution in [0.3, 0.4) is 0 Å². The van der Waals surface area contributed by atoms with Crippen LogP contribution < -0.4 is 0 Å². The Labute approximate surface area is 97.5 Å². The van der Waals surface area contributed by atoms with Crippen LogP contribution in [0.4, 0.5) is 13.2 Å². The van der Waals surface area contributed by atoms with E-state index in [1.807, 2.05) is 0 Å². The molecule has 1 aromatic carbocycles. The minimum atomic E-state index is -4.43. The summed E-state index contributed by atoms with van der Waals surface area (Å²) in [6.45, 7) is 0. The van der Waals surface area contributed by atoms with E-state index in [4.69, 9.17) is 5.26 Å². The van der Waals surface area contributed by atoms with E-state index in [1.54, 1.807) is 28.7 Å². The standard InChI is InChI=1S/C8H3F3INS/c9-8(10,11)5-2-6(12)4(3-13)1-7(5)14/h1-2,14H. The summed E-state index contributed by atoms with van der Waals surface area (Å²) in [6, 6.07) is 3.83. The maximum atomic E-state index is 12.3. The van der Waals surface area contributed by atoms with Crippen LogP contribution in [-0.2, 0) is 6.18 Å². The van der Waals surface area contributed by atoms with E-state index in [9.17, 15) is 13.2 Å². The van der Waals surface area contributed by atoms with E-state index in [0.29, 0.717) is 0 Å². The highest BCUT2D eigenvalue weighted by molar-refractivity contribution is 14.1. The Hall–Kier alpha value is -0.420. The number of rotatable bonds is 0. The lowest BCUT2D eigenvalue weighted by Crippen LogP contribution is -2.07. The first kappa shape index (κ1) is 11.7. The molecule has 1 nitrogen and oxygen atoms in total. The number of hydrogen-bond acceptors (Lipinski definition) is 2. The third-order valence-electron chi connectivity index (χ3n) is 1.51. The van der Waals surface area contributed by atoms with Crippen molar-refractivity contribution in [3.63, 3.8) is 0 Å². The third-order valence-corrected chi connectivity index (χ3v) is 2.77. The molecular formula is C8H3F3INS. The number of hydrogen-bond donors (Lipinski definition) is 1. The van der Waals surface area contributed by atoms with Gasteiger partial charge in [0, 0.05) is 8.47 Å². The topological polar surface area (TPSA) is 23.8 Å². The van der Waals surface area contributed by atoms with Gasteiger partial charge in [-0.05, 0) is 34.7 Å². The first-order valence-electron chi connectivity index (χ1n) is 3.36. The van der Waals surface area contributed by atoms with E-state index >= 15 is 0 Å². The van der Waals surface area contributed by atoms with Crippen molar-refractivity contribution in [2.75, 3.05) is 0 Å². The van der Waals surface area contributed by atoms with Crippen molar-refractivity contribution in [1.29, 1.82) is 5.26 Å². The number of thiol groups is 1. The van der Waals surface area contributed by atoms with Gasteiger partial charge >= 0.3 is 6.18 Å². The lowest BCUT2D eigenvalue weighted by atomic mass is 10.1. The highest BCUT2D eigenvalue weighted by atomic mass is 127. The summed E-state index contributed by atoms with van der Waals surface area (Å²) in [5.74, 6) is 0. The molecule has 0 radical (unpaired) electrons. The van der Waals surface area contributed by atoms with Crippen molar-refractivity contribution in [1.82, 2.24) is 0 Å². The summed E-state index contributed by atoms with van der Waals surface area (Å²) in [7, 11) is 0.